The van der Waals surface area contributed by atoms with Gasteiger partial charge in [-0.2, -0.15) is 5.10 Å². The zero-order chi connectivity index (χ0) is 30.1. The van der Waals surface area contributed by atoms with Gasteiger partial charge in [-0.05, 0) is 63.4 Å². The van der Waals surface area contributed by atoms with Crippen molar-refractivity contribution in [1.82, 2.24) is 5.43 Å². The fourth-order valence-electron chi connectivity index (χ4n) is 5.52. The molecule has 0 aliphatic carbocycles. The third-order valence-electron chi connectivity index (χ3n) is 7.50. The van der Waals surface area contributed by atoms with E-state index in [1.54, 1.807) is 6.92 Å². The maximum absolute atomic E-state index is 12.0. The molecular weight excluding hydrogens is 562 g/mol. The van der Waals surface area contributed by atoms with E-state index >= 15 is 0 Å². The van der Waals surface area contributed by atoms with Gasteiger partial charge in [-0.3, -0.25) is 10.2 Å². The second kappa shape index (κ2) is 14.5. The first-order chi connectivity index (χ1) is 21.0. The number of nitrogens with zero attached hydrogens (tertiary/aromatic N) is 1. The SMILES string of the molecule is CC(=O)CC(C)=NNC(C)(c1ccccc1)C(P(c1ccccc1)c1ccccc1)P(c1ccccc1)c1ccccc1. The van der Waals surface area contributed by atoms with Gasteiger partial charge in [-0.1, -0.05) is 152 Å². The van der Waals surface area contributed by atoms with E-state index in [2.05, 4.69) is 164 Å². The van der Waals surface area contributed by atoms with Gasteiger partial charge in [0.1, 0.15) is 5.78 Å². The van der Waals surface area contributed by atoms with E-state index in [0.717, 1.165) is 11.3 Å². The van der Waals surface area contributed by atoms with E-state index in [4.69, 9.17) is 5.10 Å². The molecular formula is C38H38N2OP2. The van der Waals surface area contributed by atoms with E-state index in [1.165, 1.54) is 21.2 Å². The molecule has 0 saturated heterocycles. The van der Waals surface area contributed by atoms with Crippen molar-refractivity contribution in [3.8, 4) is 0 Å². The summed E-state index contributed by atoms with van der Waals surface area (Å²) in [4.78, 5) is 12.0. The maximum atomic E-state index is 12.0. The largest absolute Gasteiger partial charge is 0.300 e. The average Bonchev–Trinajstić information content (AvgIpc) is 3.05. The molecule has 0 saturated carbocycles. The standard InChI is InChI=1S/C38H38N2OP2/c1-30(29-31(2)41)39-40-38(3,32-19-9-4-10-20-32)37(42(33-21-11-5-12-22-33)34-23-13-6-14-24-34)43(35-25-15-7-16-26-35)36-27-17-8-18-28-36/h4-28,37,40H,29H2,1-3H3. The molecule has 1 unspecified atom stereocenters. The van der Waals surface area contributed by atoms with Crippen molar-refractivity contribution >= 4 is 48.6 Å². The van der Waals surface area contributed by atoms with Crippen LogP contribution in [0.3, 0.4) is 0 Å². The first-order valence-electron chi connectivity index (χ1n) is 14.6. The number of benzene rings is 5. The summed E-state index contributed by atoms with van der Waals surface area (Å²) in [5.74, 6) is 0.104. The molecule has 0 amide bonds. The van der Waals surface area contributed by atoms with E-state index in [1.807, 2.05) is 6.92 Å². The molecule has 0 heterocycles. The summed E-state index contributed by atoms with van der Waals surface area (Å²) in [5, 5.41) is 10.3. The zero-order valence-corrected chi connectivity index (χ0v) is 26.8. The van der Waals surface area contributed by atoms with Gasteiger partial charge in [0.25, 0.3) is 0 Å². The van der Waals surface area contributed by atoms with Crippen LogP contribution >= 0.6 is 15.8 Å². The Kier molecular flexibility index (Phi) is 10.3. The number of carbonyl (C=O) groups is 1. The molecule has 0 bridgehead atoms. The van der Waals surface area contributed by atoms with Gasteiger partial charge in [0, 0.05) is 17.5 Å². The fourth-order valence-corrected chi connectivity index (χ4v) is 13.2. The number of ketones is 1. The summed E-state index contributed by atoms with van der Waals surface area (Å²) in [7, 11) is -1.86. The third-order valence-corrected chi connectivity index (χ3v) is 14.3. The molecule has 0 fully saturated rings. The Bertz CT molecular complexity index is 1450. The van der Waals surface area contributed by atoms with E-state index in [-0.39, 0.29) is 11.2 Å². The average molecular weight is 601 g/mol. The highest BCUT2D eigenvalue weighted by Crippen LogP contribution is 2.62. The quantitative estimate of drug-likeness (QED) is 0.0919. The zero-order valence-electron chi connectivity index (χ0n) is 25.0. The summed E-state index contributed by atoms with van der Waals surface area (Å²) in [6.45, 7) is 5.86. The lowest BCUT2D eigenvalue weighted by molar-refractivity contribution is -0.115. The summed E-state index contributed by atoms with van der Waals surface area (Å²) >= 11 is 0. The van der Waals surface area contributed by atoms with Crippen molar-refractivity contribution in [2.45, 2.75) is 38.1 Å². The van der Waals surface area contributed by atoms with E-state index in [9.17, 15) is 4.79 Å². The van der Waals surface area contributed by atoms with Crippen LogP contribution in [0.1, 0.15) is 32.8 Å². The number of hydrogen-bond acceptors (Lipinski definition) is 3. The predicted octanol–water partition coefficient (Wildman–Crippen LogP) is 7.44. The van der Waals surface area contributed by atoms with Crippen LogP contribution < -0.4 is 26.6 Å². The smallest absolute Gasteiger partial charge is 0.135 e. The summed E-state index contributed by atoms with van der Waals surface area (Å²) in [5.41, 5.74) is 5.07. The fraction of sp³-hybridized carbons (Fsp3) is 0.158. The van der Waals surface area contributed by atoms with Crippen molar-refractivity contribution in [3.05, 3.63) is 157 Å². The Morgan fingerprint density at radius 2 is 0.930 bits per heavy atom. The second-order valence-corrected chi connectivity index (χ2v) is 15.8. The van der Waals surface area contributed by atoms with Crippen LogP contribution in [-0.2, 0) is 10.3 Å². The molecule has 0 aromatic heterocycles. The highest BCUT2D eigenvalue weighted by Gasteiger charge is 2.47. The molecule has 3 nitrogen and oxygen atoms in total. The van der Waals surface area contributed by atoms with Gasteiger partial charge in [-0.15, -0.1) is 0 Å². The Balaban J connectivity index is 1.85. The lowest BCUT2D eigenvalue weighted by Gasteiger charge is -2.47. The van der Waals surface area contributed by atoms with E-state index in [0.29, 0.717) is 6.42 Å². The highest BCUT2D eigenvalue weighted by molar-refractivity contribution is 7.89. The van der Waals surface area contributed by atoms with Crippen LogP contribution in [-0.4, -0.2) is 16.9 Å². The summed E-state index contributed by atoms with van der Waals surface area (Å²) < 4.78 is 0. The van der Waals surface area contributed by atoms with Crippen LogP contribution in [0.15, 0.2) is 157 Å². The van der Waals surface area contributed by atoms with E-state index < -0.39 is 21.4 Å². The van der Waals surface area contributed by atoms with Crippen molar-refractivity contribution in [2.75, 3.05) is 0 Å². The first kappa shape index (κ1) is 30.6. The molecule has 5 heteroatoms. The maximum Gasteiger partial charge on any atom is 0.135 e. The third kappa shape index (κ3) is 7.37. The van der Waals surface area contributed by atoms with Crippen molar-refractivity contribution in [1.29, 1.82) is 0 Å². The molecule has 0 radical (unpaired) electrons. The van der Waals surface area contributed by atoms with Crippen LogP contribution in [0, 0.1) is 0 Å². The predicted molar refractivity (Wildman–Crippen MR) is 187 cm³/mol. The number of Topliss-reactive ketones (excluding diaryl/α,β-unsaturated/α-hetero) is 1. The van der Waals surface area contributed by atoms with Gasteiger partial charge < -0.3 is 0 Å². The normalized spacial score (nSPS) is 13.2. The Labute approximate surface area is 258 Å². The minimum Gasteiger partial charge on any atom is -0.300 e. The molecule has 5 aromatic carbocycles. The monoisotopic (exact) mass is 600 g/mol. The number of carbonyl (C=O) groups excluding carboxylic acids is 1. The number of hydrogen-bond donors (Lipinski definition) is 1. The van der Waals surface area contributed by atoms with Crippen molar-refractivity contribution < 1.29 is 4.79 Å². The summed E-state index contributed by atoms with van der Waals surface area (Å²) in [6.07, 6.45) is 0.320. The molecule has 216 valence electrons. The van der Waals surface area contributed by atoms with Crippen LogP contribution in [0.5, 0.6) is 0 Å². The van der Waals surface area contributed by atoms with Gasteiger partial charge in [0.05, 0.1) is 5.54 Å². The Morgan fingerprint density at radius 3 is 1.26 bits per heavy atom. The van der Waals surface area contributed by atoms with Crippen molar-refractivity contribution in [2.24, 2.45) is 5.10 Å². The van der Waals surface area contributed by atoms with Crippen molar-refractivity contribution in [3.63, 3.8) is 0 Å². The second-order valence-electron chi connectivity index (χ2n) is 10.9. The number of nitrogens with one attached hydrogen (secondary N) is 1. The number of rotatable bonds is 12. The minimum atomic E-state index is -0.930. The molecule has 0 aliphatic heterocycles. The first-order valence-corrected chi connectivity index (χ1v) is 17.4. The van der Waals surface area contributed by atoms with Crippen LogP contribution in [0.4, 0.5) is 0 Å². The highest BCUT2D eigenvalue weighted by atomic mass is 31.2. The molecule has 1 atom stereocenters. The molecule has 1 N–H and O–H groups in total. The van der Waals surface area contributed by atoms with Gasteiger partial charge in [-0.25, -0.2) is 0 Å². The molecule has 0 spiro atoms. The van der Waals surface area contributed by atoms with Gasteiger partial charge in [0.2, 0.25) is 0 Å². The minimum absolute atomic E-state index is 0.0726. The Hall–Kier alpha value is -3.90. The van der Waals surface area contributed by atoms with Crippen LogP contribution in [0.2, 0.25) is 0 Å². The lowest BCUT2D eigenvalue weighted by Crippen LogP contribution is -2.50. The molecule has 5 rings (SSSR count). The topological polar surface area (TPSA) is 41.5 Å². The molecule has 5 aromatic rings. The Morgan fingerprint density at radius 1 is 0.605 bits per heavy atom. The van der Waals surface area contributed by atoms with Crippen LogP contribution in [0.25, 0.3) is 0 Å². The van der Waals surface area contributed by atoms with Gasteiger partial charge >= 0.3 is 0 Å². The molecule has 43 heavy (non-hydrogen) atoms. The summed E-state index contributed by atoms with van der Waals surface area (Å²) in [6, 6.07) is 54.6. The number of hydrazone groups is 1. The molecule has 0 aliphatic rings. The lowest BCUT2D eigenvalue weighted by atomic mass is 9.94. The van der Waals surface area contributed by atoms with Gasteiger partial charge in [0.15, 0.2) is 0 Å².